The van der Waals surface area contributed by atoms with Gasteiger partial charge in [-0.15, -0.1) is 0 Å². The smallest absolute Gasteiger partial charge is 0.131 e. The van der Waals surface area contributed by atoms with Gasteiger partial charge in [-0.2, -0.15) is 0 Å². The molecular formula is C14H11BrFO2. The van der Waals surface area contributed by atoms with Crippen molar-refractivity contribution in [3.8, 4) is 22.6 Å². The monoisotopic (exact) mass is 309 g/mol. The molecule has 0 heterocycles. The Morgan fingerprint density at radius 2 is 1.67 bits per heavy atom. The summed E-state index contributed by atoms with van der Waals surface area (Å²) in [5.74, 6) is 0.897. The lowest BCUT2D eigenvalue weighted by atomic mass is 10.0. The summed E-state index contributed by atoms with van der Waals surface area (Å²) in [6, 6.07) is 11.0. The molecule has 2 nitrogen and oxygen atoms in total. The van der Waals surface area contributed by atoms with Crippen LogP contribution in [0.4, 0.5) is 4.39 Å². The minimum atomic E-state index is -0.339. The van der Waals surface area contributed by atoms with E-state index in [1.54, 1.807) is 38.5 Å². The lowest BCUT2D eigenvalue weighted by Crippen LogP contribution is -1.90. The van der Waals surface area contributed by atoms with E-state index in [2.05, 4.69) is 22.0 Å². The van der Waals surface area contributed by atoms with Gasteiger partial charge in [0.25, 0.3) is 0 Å². The lowest BCUT2D eigenvalue weighted by molar-refractivity contribution is 0.394. The second-order valence-electron chi connectivity index (χ2n) is 3.64. The highest BCUT2D eigenvalue weighted by Crippen LogP contribution is 2.32. The van der Waals surface area contributed by atoms with Gasteiger partial charge in [0.05, 0.1) is 14.2 Å². The maximum absolute atomic E-state index is 13.8. The first-order chi connectivity index (χ1) is 8.63. The predicted molar refractivity (Wildman–Crippen MR) is 71.5 cm³/mol. The van der Waals surface area contributed by atoms with Gasteiger partial charge in [-0.25, -0.2) is 4.39 Å². The summed E-state index contributed by atoms with van der Waals surface area (Å²) in [6.45, 7) is 0. The van der Waals surface area contributed by atoms with Gasteiger partial charge >= 0.3 is 0 Å². The summed E-state index contributed by atoms with van der Waals surface area (Å²) in [6.07, 6.45) is 0. The molecule has 0 aromatic heterocycles. The summed E-state index contributed by atoms with van der Waals surface area (Å²) < 4.78 is 24.8. The number of benzene rings is 2. The van der Waals surface area contributed by atoms with E-state index in [1.807, 2.05) is 0 Å². The number of hydrogen-bond acceptors (Lipinski definition) is 2. The fourth-order valence-electron chi connectivity index (χ4n) is 1.63. The molecule has 0 amide bonds. The van der Waals surface area contributed by atoms with Crippen molar-refractivity contribution in [2.45, 2.75) is 0 Å². The van der Waals surface area contributed by atoms with Gasteiger partial charge in [0.1, 0.15) is 17.3 Å². The van der Waals surface area contributed by atoms with Crippen LogP contribution in [0.15, 0.2) is 34.8 Å². The van der Waals surface area contributed by atoms with Gasteiger partial charge in [-0.1, -0.05) is 15.9 Å². The lowest BCUT2D eigenvalue weighted by Gasteiger charge is -2.09. The molecule has 0 fully saturated rings. The highest BCUT2D eigenvalue weighted by atomic mass is 79.9. The molecule has 0 aliphatic rings. The molecule has 0 bridgehead atoms. The molecular weight excluding hydrogens is 299 g/mol. The van der Waals surface area contributed by atoms with Crippen molar-refractivity contribution < 1.29 is 13.9 Å². The molecule has 0 unspecified atom stereocenters. The Labute approximate surface area is 113 Å². The normalized spacial score (nSPS) is 10.2. The highest BCUT2D eigenvalue weighted by molar-refractivity contribution is 9.10. The van der Waals surface area contributed by atoms with E-state index in [1.165, 1.54) is 6.07 Å². The van der Waals surface area contributed by atoms with E-state index in [4.69, 9.17) is 9.47 Å². The third-order valence-electron chi connectivity index (χ3n) is 2.53. The van der Waals surface area contributed by atoms with Crippen LogP contribution in [-0.2, 0) is 0 Å². The van der Waals surface area contributed by atoms with E-state index >= 15 is 0 Å². The molecule has 18 heavy (non-hydrogen) atoms. The standard InChI is InChI=1S/C14H11BrFO2/c1-17-11-5-9(6-12(8-11)18-2)13-7-10(15)3-4-14(13)16/h4-8H,1-2H3. The second kappa shape index (κ2) is 5.40. The molecule has 2 aromatic carbocycles. The number of hydrogen-bond donors (Lipinski definition) is 0. The summed E-state index contributed by atoms with van der Waals surface area (Å²) in [5, 5.41) is 0. The Kier molecular flexibility index (Phi) is 3.87. The molecule has 0 aliphatic heterocycles. The average molecular weight is 310 g/mol. The van der Waals surface area contributed by atoms with E-state index in [0.717, 1.165) is 0 Å². The molecule has 93 valence electrons. The first-order valence-electron chi connectivity index (χ1n) is 5.24. The zero-order valence-electron chi connectivity index (χ0n) is 9.96. The molecule has 2 aromatic rings. The molecule has 0 spiro atoms. The molecule has 0 aliphatic carbocycles. The van der Waals surface area contributed by atoms with Crippen molar-refractivity contribution in [1.29, 1.82) is 0 Å². The number of rotatable bonds is 3. The number of methoxy groups -OCH3 is 2. The number of halogens is 2. The predicted octanol–water partition coefficient (Wildman–Crippen LogP) is 4.07. The van der Waals surface area contributed by atoms with Crippen molar-refractivity contribution in [2.24, 2.45) is 0 Å². The van der Waals surface area contributed by atoms with Crippen molar-refractivity contribution in [3.05, 3.63) is 46.7 Å². The molecule has 4 heteroatoms. The van der Waals surface area contributed by atoms with Gasteiger partial charge in [-0.3, -0.25) is 0 Å². The van der Waals surface area contributed by atoms with Crippen LogP contribution in [0, 0.1) is 11.9 Å². The molecule has 2 rings (SSSR count). The minimum absolute atomic E-state index is 0.339. The van der Waals surface area contributed by atoms with Gasteiger partial charge < -0.3 is 9.47 Å². The van der Waals surface area contributed by atoms with Crippen molar-refractivity contribution >= 4 is 15.9 Å². The van der Waals surface area contributed by atoms with Crippen LogP contribution < -0.4 is 9.47 Å². The molecule has 0 saturated heterocycles. The summed E-state index contributed by atoms with van der Waals surface area (Å²) in [7, 11) is 3.12. The maximum Gasteiger partial charge on any atom is 0.131 e. The Morgan fingerprint density at radius 1 is 1.06 bits per heavy atom. The second-order valence-corrected chi connectivity index (χ2v) is 4.50. The quantitative estimate of drug-likeness (QED) is 0.851. The topological polar surface area (TPSA) is 18.5 Å². The Balaban J connectivity index is 2.58. The fraction of sp³-hybridized carbons (Fsp3) is 0.143. The molecule has 0 saturated carbocycles. The maximum atomic E-state index is 13.8. The molecule has 1 radical (unpaired) electrons. The summed E-state index contributed by atoms with van der Waals surface area (Å²) in [5.41, 5.74) is 1.16. The third kappa shape index (κ3) is 2.64. The van der Waals surface area contributed by atoms with E-state index < -0.39 is 0 Å². The van der Waals surface area contributed by atoms with Gasteiger partial charge in [0.2, 0.25) is 0 Å². The largest absolute Gasteiger partial charge is 0.497 e. The van der Waals surface area contributed by atoms with Crippen LogP contribution in [0.5, 0.6) is 11.5 Å². The van der Waals surface area contributed by atoms with Gasteiger partial charge in [-0.05, 0) is 29.8 Å². The van der Waals surface area contributed by atoms with Crippen LogP contribution in [0.3, 0.4) is 0 Å². The van der Waals surface area contributed by atoms with E-state index in [0.29, 0.717) is 27.1 Å². The van der Waals surface area contributed by atoms with Crippen LogP contribution in [0.25, 0.3) is 11.1 Å². The van der Waals surface area contributed by atoms with Crippen molar-refractivity contribution in [2.75, 3.05) is 14.2 Å². The van der Waals surface area contributed by atoms with Gasteiger partial charge in [0.15, 0.2) is 0 Å². The Bertz CT molecular complexity index is 547. The van der Waals surface area contributed by atoms with Crippen LogP contribution in [0.2, 0.25) is 0 Å². The Hall–Kier alpha value is -1.55. The zero-order valence-corrected chi connectivity index (χ0v) is 11.5. The first-order valence-corrected chi connectivity index (χ1v) is 6.03. The molecule has 0 N–H and O–H groups in total. The van der Waals surface area contributed by atoms with Crippen LogP contribution in [-0.4, -0.2) is 14.2 Å². The van der Waals surface area contributed by atoms with Crippen LogP contribution >= 0.6 is 15.9 Å². The van der Waals surface area contributed by atoms with E-state index in [9.17, 15) is 4.39 Å². The molecule has 0 atom stereocenters. The SMILES string of the molecule is COc1cc(OC)cc(-c2cc(Br)[c]cc2F)c1. The highest BCUT2D eigenvalue weighted by Gasteiger charge is 2.09. The summed E-state index contributed by atoms with van der Waals surface area (Å²) >= 11 is 3.28. The van der Waals surface area contributed by atoms with Crippen molar-refractivity contribution in [3.63, 3.8) is 0 Å². The minimum Gasteiger partial charge on any atom is -0.497 e. The number of ether oxygens (including phenoxy) is 2. The zero-order chi connectivity index (χ0) is 13.1. The van der Waals surface area contributed by atoms with Gasteiger partial charge in [0, 0.05) is 22.2 Å². The summed E-state index contributed by atoms with van der Waals surface area (Å²) in [4.78, 5) is 0. The average Bonchev–Trinajstić information content (AvgIpc) is 2.40. The third-order valence-corrected chi connectivity index (χ3v) is 2.99. The van der Waals surface area contributed by atoms with E-state index in [-0.39, 0.29) is 5.82 Å². The fourth-order valence-corrected chi connectivity index (χ4v) is 1.97. The van der Waals surface area contributed by atoms with Crippen molar-refractivity contribution in [1.82, 2.24) is 0 Å². The Morgan fingerprint density at radius 3 is 2.22 bits per heavy atom. The van der Waals surface area contributed by atoms with Crippen LogP contribution in [0.1, 0.15) is 0 Å². The first kappa shape index (κ1) is 12.9.